The summed E-state index contributed by atoms with van der Waals surface area (Å²) in [5.74, 6) is -3.54. The Morgan fingerprint density at radius 2 is 1.84 bits per heavy atom. The summed E-state index contributed by atoms with van der Waals surface area (Å²) in [5, 5.41) is 18.8. The number of fused-ring (bicyclic) bond motifs is 1. The molecule has 0 unspecified atom stereocenters. The van der Waals surface area contributed by atoms with Crippen molar-refractivity contribution < 1.29 is 34.1 Å². The van der Waals surface area contributed by atoms with Crippen LogP contribution >= 0.6 is 0 Å². The first-order chi connectivity index (χ1) is 14.5. The van der Waals surface area contributed by atoms with Crippen molar-refractivity contribution in [3.63, 3.8) is 0 Å². The van der Waals surface area contributed by atoms with Gasteiger partial charge in [0.15, 0.2) is 11.2 Å². The van der Waals surface area contributed by atoms with Crippen molar-refractivity contribution in [2.45, 2.75) is 26.6 Å². The molecule has 2 aromatic heterocycles. The van der Waals surface area contributed by atoms with E-state index in [9.17, 15) is 29.4 Å². The molecule has 0 aliphatic carbocycles. The summed E-state index contributed by atoms with van der Waals surface area (Å²) in [6, 6.07) is -0.647. The number of aromatic amines is 1. The molecule has 2 heterocycles. The molecular weight excluding hydrogens is 416 g/mol. The molecule has 0 radical (unpaired) electrons. The highest BCUT2D eigenvalue weighted by Crippen LogP contribution is 2.06. The fourth-order valence-electron chi connectivity index (χ4n) is 1.93. The van der Waals surface area contributed by atoms with Gasteiger partial charge in [-0.1, -0.05) is 13.8 Å². The molecule has 0 aromatic carbocycles. The second-order valence-corrected chi connectivity index (χ2v) is 6.28. The molecule has 0 aliphatic rings. The van der Waals surface area contributed by atoms with E-state index in [4.69, 9.17) is 20.9 Å². The van der Waals surface area contributed by atoms with Gasteiger partial charge in [0.1, 0.15) is 19.4 Å². The molecule has 5 N–H and O–H groups in total. The Morgan fingerprint density at radius 1 is 1.23 bits per heavy atom. The van der Waals surface area contributed by atoms with E-state index in [0.29, 0.717) is 17.8 Å². The molecule has 0 saturated heterocycles. The average Bonchev–Trinajstić information content (AvgIpc) is 3.08. The van der Waals surface area contributed by atoms with Crippen LogP contribution in [0.2, 0.25) is 0 Å². The SMILES string of the molecule is CC(C)[C@H](N)C(=O)OCCOCn1cnc2c(=O)[nH]c(N)nc21.O=C([O-])/C=C\C(=O)[O-]. The minimum absolute atomic E-state index is 0.000790. The predicted octanol–water partition coefficient (Wildman–Crippen LogP) is -3.76. The lowest BCUT2D eigenvalue weighted by Crippen LogP contribution is -2.37. The van der Waals surface area contributed by atoms with E-state index >= 15 is 0 Å². The number of carbonyl (C=O) groups excluding carboxylic acids is 3. The van der Waals surface area contributed by atoms with Crippen molar-refractivity contribution in [2.24, 2.45) is 11.7 Å². The Bertz CT molecular complexity index is 980. The Balaban J connectivity index is 0.000000512. The summed E-state index contributed by atoms with van der Waals surface area (Å²) < 4.78 is 11.9. The number of imidazole rings is 1. The van der Waals surface area contributed by atoms with E-state index in [1.54, 1.807) is 0 Å². The number of nitrogen functional groups attached to an aromatic ring is 1. The molecule has 0 bridgehead atoms. The summed E-state index contributed by atoms with van der Waals surface area (Å²) in [6.07, 6.45) is 2.19. The number of carbonyl (C=O) groups is 3. The molecule has 0 spiro atoms. The number of hydrogen-bond donors (Lipinski definition) is 3. The van der Waals surface area contributed by atoms with E-state index in [-0.39, 0.29) is 37.3 Å². The van der Waals surface area contributed by atoms with Gasteiger partial charge in [-0.15, -0.1) is 0 Å². The number of anilines is 1. The summed E-state index contributed by atoms with van der Waals surface area (Å²) in [4.78, 5) is 52.3. The first-order valence-electron chi connectivity index (χ1n) is 8.83. The second kappa shape index (κ2) is 12.0. The zero-order valence-electron chi connectivity index (χ0n) is 16.8. The van der Waals surface area contributed by atoms with E-state index in [1.165, 1.54) is 10.9 Å². The molecule has 0 aliphatic heterocycles. The van der Waals surface area contributed by atoms with Crippen LogP contribution in [0.15, 0.2) is 23.3 Å². The van der Waals surface area contributed by atoms with Gasteiger partial charge in [-0.05, 0) is 18.1 Å². The Kier molecular flexibility index (Phi) is 9.81. The standard InChI is InChI=1S/C13H20N6O4.C4H4O4/c1-7(2)8(14)12(21)23-4-3-22-6-19-5-16-9-10(19)17-13(15)18-11(9)20;5-3(6)1-2-4(7)8/h5,7-8H,3-4,6,14H2,1-2H3,(H3,15,17,18,20);1-2H,(H,5,6)(H,7,8)/p-2/b;2-1-/t8-;/m0./s1. The minimum atomic E-state index is -1.55. The van der Waals surface area contributed by atoms with Crippen molar-refractivity contribution in [3.05, 3.63) is 28.8 Å². The smallest absolute Gasteiger partial charge is 0.323 e. The number of nitrogens with two attached hydrogens (primary N) is 2. The van der Waals surface area contributed by atoms with Crippen LogP contribution in [0, 0.1) is 5.92 Å². The van der Waals surface area contributed by atoms with Crippen molar-refractivity contribution in [3.8, 4) is 0 Å². The number of carboxylic acid groups (broad SMARTS) is 2. The molecule has 2 rings (SSSR count). The Labute approximate surface area is 175 Å². The monoisotopic (exact) mass is 438 g/mol. The lowest BCUT2D eigenvalue weighted by molar-refractivity contribution is -0.301. The number of nitrogens with zero attached hydrogens (tertiary/aromatic N) is 3. The zero-order valence-corrected chi connectivity index (χ0v) is 16.8. The molecule has 170 valence electrons. The summed E-state index contributed by atoms with van der Waals surface area (Å²) >= 11 is 0. The van der Waals surface area contributed by atoms with E-state index in [1.807, 2.05) is 13.8 Å². The largest absolute Gasteiger partial charge is 0.545 e. The lowest BCUT2D eigenvalue weighted by atomic mass is 10.1. The van der Waals surface area contributed by atoms with Crippen molar-refractivity contribution in [2.75, 3.05) is 18.9 Å². The van der Waals surface area contributed by atoms with Gasteiger partial charge in [0, 0.05) is 0 Å². The third-order valence-electron chi connectivity index (χ3n) is 3.54. The second-order valence-electron chi connectivity index (χ2n) is 6.28. The third-order valence-corrected chi connectivity index (χ3v) is 3.54. The maximum Gasteiger partial charge on any atom is 0.323 e. The maximum atomic E-state index is 11.6. The highest BCUT2D eigenvalue weighted by Gasteiger charge is 2.18. The van der Waals surface area contributed by atoms with Crippen LogP contribution in [0.4, 0.5) is 5.95 Å². The number of aliphatic carboxylic acids is 2. The normalized spacial score (nSPS) is 11.9. The lowest BCUT2D eigenvalue weighted by Gasteiger charge is -2.14. The number of aromatic nitrogens is 4. The molecule has 0 saturated carbocycles. The quantitative estimate of drug-likeness (QED) is 0.195. The van der Waals surface area contributed by atoms with E-state index < -0.39 is 29.5 Å². The van der Waals surface area contributed by atoms with Gasteiger partial charge in [0.2, 0.25) is 5.95 Å². The first kappa shape index (κ1) is 25.3. The highest BCUT2D eigenvalue weighted by atomic mass is 16.6. The van der Waals surface area contributed by atoms with Crippen molar-refractivity contribution in [1.29, 1.82) is 0 Å². The third kappa shape index (κ3) is 8.63. The Morgan fingerprint density at radius 3 is 2.39 bits per heavy atom. The highest BCUT2D eigenvalue weighted by molar-refractivity contribution is 5.87. The first-order valence-corrected chi connectivity index (χ1v) is 8.83. The van der Waals surface area contributed by atoms with Gasteiger partial charge in [-0.25, -0.2) is 4.98 Å². The number of carboxylic acids is 2. The number of H-pyrrole nitrogens is 1. The summed E-state index contributed by atoms with van der Waals surface area (Å²) in [6.45, 7) is 4.04. The van der Waals surface area contributed by atoms with Crippen molar-refractivity contribution >= 4 is 35.0 Å². The molecule has 2 aromatic rings. The molecule has 1 atom stereocenters. The number of ether oxygens (including phenoxy) is 2. The molecule has 14 nitrogen and oxygen atoms in total. The van der Waals surface area contributed by atoms with Crippen molar-refractivity contribution in [1.82, 2.24) is 19.5 Å². The Hall–Kier alpha value is -3.78. The average molecular weight is 438 g/mol. The molecule has 0 amide bonds. The topological polar surface area (TPSA) is 231 Å². The van der Waals surface area contributed by atoms with Crippen LogP contribution in [-0.4, -0.2) is 56.7 Å². The maximum absolute atomic E-state index is 11.6. The van der Waals surface area contributed by atoms with Gasteiger partial charge in [-0.2, -0.15) is 4.98 Å². The zero-order chi connectivity index (χ0) is 23.6. The van der Waals surface area contributed by atoms with E-state index in [2.05, 4.69) is 15.0 Å². The number of nitrogens with one attached hydrogen (secondary N) is 1. The van der Waals surface area contributed by atoms with Crippen LogP contribution in [-0.2, 0) is 30.6 Å². The number of esters is 1. The van der Waals surface area contributed by atoms with Gasteiger partial charge in [-0.3, -0.25) is 19.1 Å². The molecule has 0 fully saturated rings. The molecular formula is C17H22N6O8-2. The van der Waals surface area contributed by atoms with Gasteiger partial charge in [0.05, 0.1) is 24.9 Å². The van der Waals surface area contributed by atoms with Gasteiger partial charge < -0.3 is 40.7 Å². The number of rotatable bonds is 9. The van der Waals surface area contributed by atoms with Crippen LogP contribution in [0.1, 0.15) is 13.8 Å². The predicted molar refractivity (Wildman–Crippen MR) is 101 cm³/mol. The molecule has 31 heavy (non-hydrogen) atoms. The van der Waals surface area contributed by atoms with Gasteiger partial charge in [0.25, 0.3) is 5.56 Å². The summed E-state index contributed by atoms with van der Waals surface area (Å²) in [7, 11) is 0. The van der Waals surface area contributed by atoms with Crippen LogP contribution in [0.25, 0.3) is 11.2 Å². The number of hydrogen-bond acceptors (Lipinski definition) is 12. The van der Waals surface area contributed by atoms with E-state index in [0.717, 1.165) is 0 Å². The van der Waals surface area contributed by atoms with Crippen LogP contribution in [0.3, 0.4) is 0 Å². The fraction of sp³-hybridized carbons (Fsp3) is 0.412. The minimum Gasteiger partial charge on any atom is -0.545 e. The summed E-state index contributed by atoms with van der Waals surface area (Å²) in [5.41, 5.74) is 11.2. The fourth-order valence-corrected chi connectivity index (χ4v) is 1.93. The van der Waals surface area contributed by atoms with Crippen LogP contribution in [0.5, 0.6) is 0 Å². The molecule has 14 heteroatoms. The van der Waals surface area contributed by atoms with Crippen LogP contribution < -0.4 is 27.2 Å². The van der Waals surface area contributed by atoms with Gasteiger partial charge >= 0.3 is 5.97 Å².